The van der Waals surface area contributed by atoms with E-state index in [-0.39, 0.29) is 30.5 Å². The van der Waals surface area contributed by atoms with Crippen molar-refractivity contribution in [3.05, 3.63) is 65.4 Å². The number of hydrogen-bond donors (Lipinski definition) is 3. The number of amides is 1. The highest BCUT2D eigenvalue weighted by Gasteiger charge is 2.14. The standard InChI is InChI=1S/C18H16F2N2O3/c19-18(20)25-16-7-3-6-14-13(16)8-15(22-14)17(24)21-9-11-4-1-2-5-12(11)10-23/h1-8,18,22-23H,9-10H2,(H,21,24). The van der Waals surface area contributed by atoms with Gasteiger partial charge < -0.3 is 20.1 Å². The van der Waals surface area contributed by atoms with Gasteiger partial charge in [0.05, 0.1) is 6.61 Å². The molecule has 7 heteroatoms. The molecule has 1 heterocycles. The molecule has 130 valence electrons. The number of halogens is 2. The molecule has 3 aromatic rings. The maximum atomic E-state index is 12.5. The molecule has 0 aliphatic heterocycles. The van der Waals surface area contributed by atoms with Crippen LogP contribution in [0.1, 0.15) is 21.6 Å². The number of benzene rings is 2. The van der Waals surface area contributed by atoms with E-state index in [9.17, 15) is 18.7 Å². The number of carbonyl (C=O) groups excluding carboxylic acids is 1. The number of H-pyrrole nitrogens is 1. The molecule has 0 saturated heterocycles. The van der Waals surface area contributed by atoms with E-state index in [0.717, 1.165) is 11.1 Å². The number of alkyl halides is 2. The van der Waals surface area contributed by atoms with Crippen LogP contribution in [0, 0.1) is 0 Å². The zero-order valence-corrected chi connectivity index (χ0v) is 13.1. The molecule has 0 unspecified atom stereocenters. The number of aromatic nitrogens is 1. The average molecular weight is 346 g/mol. The second kappa shape index (κ2) is 7.31. The number of aliphatic hydroxyl groups excluding tert-OH is 1. The van der Waals surface area contributed by atoms with Crippen molar-refractivity contribution in [3.8, 4) is 5.75 Å². The third-order valence-electron chi connectivity index (χ3n) is 3.81. The van der Waals surface area contributed by atoms with Crippen LogP contribution in [0.5, 0.6) is 5.75 Å². The van der Waals surface area contributed by atoms with Crippen molar-refractivity contribution in [1.82, 2.24) is 10.3 Å². The van der Waals surface area contributed by atoms with Gasteiger partial charge in [0.15, 0.2) is 0 Å². The van der Waals surface area contributed by atoms with Crippen LogP contribution >= 0.6 is 0 Å². The van der Waals surface area contributed by atoms with Crippen molar-refractivity contribution in [1.29, 1.82) is 0 Å². The van der Waals surface area contributed by atoms with E-state index in [0.29, 0.717) is 10.9 Å². The first-order valence-corrected chi connectivity index (χ1v) is 7.61. The molecule has 0 aliphatic rings. The summed E-state index contributed by atoms with van der Waals surface area (Å²) in [5.74, 6) is -0.375. The van der Waals surface area contributed by atoms with Gasteiger partial charge in [-0.3, -0.25) is 4.79 Å². The topological polar surface area (TPSA) is 74.3 Å². The SMILES string of the molecule is O=C(NCc1ccccc1CO)c1cc2c(OC(F)F)cccc2[nH]1. The van der Waals surface area contributed by atoms with Crippen LogP contribution in [-0.4, -0.2) is 22.6 Å². The largest absolute Gasteiger partial charge is 0.434 e. The molecular formula is C18H16F2N2O3. The lowest BCUT2D eigenvalue weighted by Crippen LogP contribution is -2.23. The Morgan fingerprint density at radius 2 is 1.92 bits per heavy atom. The van der Waals surface area contributed by atoms with Crippen molar-refractivity contribution in [2.75, 3.05) is 0 Å². The molecule has 0 radical (unpaired) electrons. The van der Waals surface area contributed by atoms with Crippen molar-refractivity contribution < 1.29 is 23.4 Å². The maximum absolute atomic E-state index is 12.5. The molecule has 1 amide bonds. The number of aromatic amines is 1. The second-order valence-electron chi connectivity index (χ2n) is 5.39. The average Bonchev–Trinajstić information content (AvgIpc) is 3.05. The number of ether oxygens (including phenoxy) is 1. The monoisotopic (exact) mass is 346 g/mol. The van der Waals surface area contributed by atoms with Gasteiger partial charge in [-0.1, -0.05) is 30.3 Å². The Hall–Kier alpha value is -2.93. The van der Waals surface area contributed by atoms with E-state index in [1.54, 1.807) is 24.3 Å². The van der Waals surface area contributed by atoms with Gasteiger partial charge in [-0.05, 0) is 29.3 Å². The highest BCUT2D eigenvalue weighted by atomic mass is 19.3. The molecule has 0 saturated carbocycles. The molecule has 5 nitrogen and oxygen atoms in total. The van der Waals surface area contributed by atoms with Gasteiger partial charge in [0.2, 0.25) is 0 Å². The molecule has 2 aromatic carbocycles. The molecule has 0 atom stereocenters. The smallest absolute Gasteiger partial charge is 0.387 e. The maximum Gasteiger partial charge on any atom is 0.387 e. The summed E-state index contributed by atoms with van der Waals surface area (Å²) in [6.45, 7) is -2.81. The molecule has 0 fully saturated rings. The molecule has 0 bridgehead atoms. The summed E-state index contributed by atoms with van der Waals surface area (Å²) in [5, 5.41) is 12.5. The molecule has 3 N–H and O–H groups in total. The van der Waals surface area contributed by atoms with E-state index in [1.807, 2.05) is 12.1 Å². The Labute approximate surface area is 142 Å². The van der Waals surface area contributed by atoms with Crippen molar-refractivity contribution in [2.45, 2.75) is 19.8 Å². The number of hydrogen-bond acceptors (Lipinski definition) is 3. The molecule has 0 aliphatic carbocycles. The summed E-state index contributed by atoms with van der Waals surface area (Å²) in [5.41, 5.74) is 2.30. The first-order chi connectivity index (χ1) is 12.1. The molecule has 1 aromatic heterocycles. The number of aliphatic hydroxyl groups is 1. The van der Waals surface area contributed by atoms with Crippen LogP contribution in [0.15, 0.2) is 48.5 Å². The quantitative estimate of drug-likeness (QED) is 0.642. The summed E-state index contributed by atoms with van der Waals surface area (Å²) >= 11 is 0. The second-order valence-corrected chi connectivity index (χ2v) is 5.39. The van der Waals surface area contributed by atoms with Crippen LogP contribution < -0.4 is 10.1 Å². The fourth-order valence-electron chi connectivity index (χ4n) is 2.60. The number of rotatable bonds is 6. The van der Waals surface area contributed by atoms with Crippen molar-refractivity contribution >= 4 is 16.8 Å². The Morgan fingerprint density at radius 1 is 1.16 bits per heavy atom. The summed E-state index contributed by atoms with van der Waals surface area (Å²) in [4.78, 5) is 15.2. The Balaban J connectivity index is 1.78. The van der Waals surface area contributed by atoms with Gasteiger partial charge in [0.1, 0.15) is 11.4 Å². The van der Waals surface area contributed by atoms with Gasteiger partial charge in [0.25, 0.3) is 5.91 Å². The van der Waals surface area contributed by atoms with Crippen LogP contribution in [-0.2, 0) is 13.2 Å². The highest BCUT2D eigenvalue weighted by molar-refractivity contribution is 5.99. The highest BCUT2D eigenvalue weighted by Crippen LogP contribution is 2.27. The summed E-state index contributed by atoms with van der Waals surface area (Å²) in [6, 6.07) is 13.3. The minimum atomic E-state index is -2.94. The van der Waals surface area contributed by atoms with Gasteiger partial charge >= 0.3 is 6.61 Å². The van der Waals surface area contributed by atoms with Crippen molar-refractivity contribution in [2.24, 2.45) is 0 Å². The number of fused-ring (bicyclic) bond motifs is 1. The van der Waals surface area contributed by atoms with Crippen LogP contribution in [0.2, 0.25) is 0 Å². The minimum Gasteiger partial charge on any atom is -0.434 e. The third-order valence-corrected chi connectivity index (χ3v) is 3.81. The van der Waals surface area contributed by atoms with E-state index >= 15 is 0 Å². The van der Waals surface area contributed by atoms with E-state index < -0.39 is 6.61 Å². The fourth-order valence-corrected chi connectivity index (χ4v) is 2.60. The zero-order chi connectivity index (χ0) is 17.8. The van der Waals surface area contributed by atoms with Gasteiger partial charge in [-0.25, -0.2) is 0 Å². The molecular weight excluding hydrogens is 330 g/mol. The summed E-state index contributed by atoms with van der Waals surface area (Å²) in [7, 11) is 0. The normalized spacial score (nSPS) is 11.0. The van der Waals surface area contributed by atoms with Crippen LogP contribution in [0.25, 0.3) is 10.9 Å². The summed E-state index contributed by atoms with van der Waals surface area (Å²) < 4.78 is 29.4. The Bertz CT molecular complexity index is 893. The summed E-state index contributed by atoms with van der Waals surface area (Å²) in [6.07, 6.45) is 0. The molecule has 0 spiro atoms. The van der Waals surface area contributed by atoms with Crippen LogP contribution in [0.4, 0.5) is 8.78 Å². The third kappa shape index (κ3) is 3.77. The zero-order valence-electron chi connectivity index (χ0n) is 13.1. The van der Waals surface area contributed by atoms with Gasteiger partial charge in [0, 0.05) is 17.4 Å². The number of nitrogens with one attached hydrogen (secondary N) is 2. The Kier molecular flexibility index (Phi) is 4.95. The van der Waals surface area contributed by atoms with Gasteiger partial charge in [-0.15, -0.1) is 0 Å². The lowest BCUT2D eigenvalue weighted by molar-refractivity contribution is -0.0487. The van der Waals surface area contributed by atoms with Gasteiger partial charge in [-0.2, -0.15) is 8.78 Å². The molecule has 25 heavy (non-hydrogen) atoms. The Morgan fingerprint density at radius 3 is 2.64 bits per heavy atom. The number of carbonyl (C=O) groups is 1. The lowest BCUT2D eigenvalue weighted by atomic mass is 10.1. The van der Waals surface area contributed by atoms with Crippen LogP contribution in [0.3, 0.4) is 0 Å². The predicted octanol–water partition coefficient (Wildman–Crippen LogP) is 3.19. The lowest BCUT2D eigenvalue weighted by Gasteiger charge is -2.08. The predicted molar refractivity (Wildman–Crippen MR) is 88.5 cm³/mol. The first kappa shape index (κ1) is 16.9. The van der Waals surface area contributed by atoms with E-state index in [1.165, 1.54) is 12.1 Å². The fraction of sp³-hybridized carbons (Fsp3) is 0.167. The van der Waals surface area contributed by atoms with E-state index in [4.69, 9.17) is 0 Å². The van der Waals surface area contributed by atoms with E-state index in [2.05, 4.69) is 15.0 Å². The van der Waals surface area contributed by atoms with Crippen molar-refractivity contribution in [3.63, 3.8) is 0 Å². The first-order valence-electron chi connectivity index (χ1n) is 7.61. The molecule has 3 rings (SSSR count). The minimum absolute atomic E-state index is 0.00780.